The van der Waals surface area contributed by atoms with Crippen LogP contribution in [0.5, 0.6) is 0 Å². The number of benzene rings is 1. The summed E-state index contributed by atoms with van der Waals surface area (Å²) in [6.45, 7) is 2.59. The standard InChI is InChI=1S/C16H20N4O4/c1-10(21)17-7-13-9-20(16(23)24-13)12-4-5-14-11(6-12)8-18(2)15(22)19(14)3/h4-6,13H,7-9H2,1-3H3,(H,17,21)/t13-/m0/s1. The third-order valence-corrected chi connectivity index (χ3v) is 4.21. The summed E-state index contributed by atoms with van der Waals surface area (Å²) < 4.78 is 5.28. The molecule has 0 aliphatic carbocycles. The number of hydrogen-bond acceptors (Lipinski definition) is 4. The molecule has 0 unspecified atom stereocenters. The van der Waals surface area contributed by atoms with Gasteiger partial charge in [-0.25, -0.2) is 9.59 Å². The quantitative estimate of drug-likeness (QED) is 0.900. The van der Waals surface area contributed by atoms with Crippen molar-refractivity contribution in [1.82, 2.24) is 10.2 Å². The van der Waals surface area contributed by atoms with Gasteiger partial charge in [-0.3, -0.25) is 14.6 Å². The second-order valence-corrected chi connectivity index (χ2v) is 6.06. The summed E-state index contributed by atoms with van der Waals surface area (Å²) in [4.78, 5) is 39.8. The highest BCUT2D eigenvalue weighted by Gasteiger charge is 2.33. The third-order valence-electron chi connectivity index (χ3n) is 4.21. The number of urea groups is 1. The van der Waals surface area contributed by atoms with Crippen LogP contribution in [0.25, 0.3) is 0 Å². The fourth-order valence-electron chi connectivity index (χ4n) is 2.97. The molecule has 1 aromatic rings. The first-order valence-electron chi connectivity index (χ1n) is 7.71. The van der Waals surface area contributed by atoms with Crippen LogP contribution < -0.4 is 15.1 Å². The molecular weight excluding hydrogens is 312 g/mol. The lowest BCUT2D eigenvalue weighted by Gasteiger charge is -2.33. The first-order valence-corrected chi connectivity index (χ1v) is 7.71. The van der Waals surface area contributed by atoms with Crippen molar-refractivity contribution in [3.63, 3.8) is 0 Å². The molecule has 0 radical (unpaired) electrons. The number of hydrogen-bond donors (Lipinski definition) is 1. The van der Waals surface area contributed by atoms with Crippen LogP contribution >= 0.6 is 0 Å². The Labute approximate surface area is 139 Å². The van der Waals surface area contributed by atoms with Crippen LogP contribution in [0, 0.1) is 0 Å². The van der Waals surface area contributed by atoms with Gasteiger partial charge in [0.25, 0.3) is 0 Å². The first-order chi connectivity index (χ1) is 11.4. The molecule has 24 heavy (non-hydrogen) atoms. The van der Waals surface area contributed by atoms with E-state index in [1.807, 2.05) is 12.1 Å². The predicted octanol–water partition coefficient (Wildman–Crippen LogP) is 1.15. The van der Waals surface area contributed by atoms with Gasteiger partial charge in [0, 0.05) is 33.3 Å². The summed E-state index contributed by atoms with van der Waals surface area (Å²) in [6, 6.07) is 5.47. The minimum absolute atomic E-state index is 0.0637. The number of amides is 4. The first kappa shape index (κ1) is 16.1. The van der Waals surface area contributed by atoms with Gasteiger partial charge >= 0.3 is 12.1 Å². The smallest absolute Gasteiger partial charge is 0.414 e. The molecule has 128 valence electrons. The van der Waals surface area contributed by atoms with E-state index < -0.39 is 6.09 Å². The highest BCUT2D eigenvalue weighted by molar-refractivity contribution is 5.96. The zero-order chi connectivity index (χ0) is 17.4. The van der Waals surface area contributed by atoms with E-state index >= 15 is 0 Å². The van der Waals surface area contributed by atoms with E-state index in [2.05, 4.69) is 5.32 Å². The minimum Gasteiger partial charge on any atom is -0.442 e. The molecule has 1 N–H and O–H groups in total. The molecule has 1 atom stereocenters. The maximum absolute atomic E-state index is 12.1. The van der Waals surface area contributed by atoms with Crippen LogP contribution in [-0.2, 0) is 16.1 Å². The summed E-state index contributed by atoms with van der Waals surface area (Å²) >= 11 is 0. The van der Waals surface area contributed by atoms with E-state index in [-0.39, 0.29) is 18.0 Å². The number of cyclic esters (lactones) is 1. The highest BCUT2D eigenvalue weighted by Crippen LogP contribution is 2.32. The molecule has 8 heteroatoms. The Hall–Kier alpha value is -2.77. The molecule has 0 bridgehead atoms. The monoisotopic (exact) mass is 332 g/mol. The molecule has 1 saturated heterocycles. The van der Waals surface area contributed by atoms with E-state index in [4.69, 9.17) is 4.74 Å². The number of rotatable bonds is 3. The van der Waals surface area contributed by atoms with Gasteiger partial charge in [0.1, 0.15) is 6.10 Å². The van der Waals surface area contributed by atoms with Gasteiger partial charge < -0.3 is 15.0 Å². The van der Waals surface area contributed by atoms with Crippen LogP contribution in [0.15, 0.2) is 18.2 Å². The number of carbonyl (C=O) groups excluding carboxylic acids is 3. The van der Waals surface area contributed by atoms with Crippen LogP contribution in [0.2, 0.25) is 0 Å². The Morgan fingerprint density at radius 1 is 1.33 bits per heavy atom. The predicted molar refractivity (Wildman–Crippen MR) is 88.0 cm³/mol. The molecule has 1 aromatic carbocycles. The second kappa shape index (κ2) is 6.03. The molecule has 2 aliphatic rings. The zero-order valence-electron chi connectivity index (χ0n) is 13.9. The van der Waals surface area contributed by atoms with Crippen LogP contribution in [0.1, 0.15) is 12.5 Å². The van der Waals surface area contributed by atoms with Gasteiger partial charge in [0.15, 0.2) is 0 Å². The fraction of sp³-hybridized carbons (Fsp3) is 0.438. The van der Waals surface area contributed by atoms with Crippen molar-refractivity contribution in [2.24, 2.45) is 0 Å². The lowest BCUT2D eigenvalue weighted by molar-refractivity contribution is -0.119. The zero-order valence-corrected chi connectivity index (χ0v) is 13.9. The minimum atomic E-state index is -0.432. The molecule has 3 rings (SSSR count). The van der Waals surface area contributed by atoms with E-state index in [0.717, 1.165) is 16.9 Å². The number of fused-ring (bicyclic) bond motifs is 1. The van der Waals surface area contributed by atoms with E-state index in [1.54, 1.807) is 34.9 Å². The molecular formula is C16H20N4O4. The third kappa shape index (κ3) is 2.86. The van der Waals surface area contributed by atoms with Crippen LogP contribution in [0.4, 0.5) is 21.0 Å². The summed E-state index contributed by atoms with van der Waals surface area (Å²) in [7, 11) is 3.46. The lowest BCUT2D eigenvalue weighted by atomic mass is 10.1. The van der Waals surface area contributed by atoms with Crippen molar-refractivity contribution in [2.45, 2.75) is 19.6 Å². The van der Waals surface area contributed by atoms with Gasteiger partial charge in [0.2, 0.25) is 5.91 Å². The molecule has 8 nitrogen and oxygen atoms in total. The Kier molecular flexibility index (Phi) is 4.04. The Balaban J connectivity index is 1.79. The normalized spacial score (nSPS) is 20.1. The molecule has 4 amide bonds. The summed E-state index contributed by atoms with van der Waals surface area (Å²) in [5.41, 5.74) is 2.53. The van der Waals surface area contributed by atoms with Crippen molar-refractivity contribution in [1.29, 1.82) is 0 Å². The van der Waals surface area contributed by atoms with Gasteiger partial charge in [-0.1, -0.05) is 0 Å². The topological polar surface area (TPSA) is 82.2 Å². The Morgan fingerprint density at radius 3 is 2.79 bits per heavy atom. The van der Waals surface area contributed by atoms with Gasteiger partial charge in [0.05, 0.1) is 18.8 Å². The number of nitrogens with one attached hydrogen (secondary N) is 1. The van der Waals surface area contributed by atoms with Gasteiger partial charge in [-0.15, -0.1) is 0 Å². The van der Waals surface area contributed by atoms with E-state index in [9.17, 15) is 14.4 Å². The molecule has 0 saturated carbocycles. The summed E-state index contributed by atoms with van der Waals surface area (Å²) in [6.07, 6.45) is -0.803. The summed E-state index contributed by atoms with van der Waals surface area (Å²) in [5, 5.41) is 2.65. The van der Waals surface area contributed by atoms with Crippen molar-refractivity contribution in [3.05, 3.63) is 23.8 Å². The molecule has 1 fully saturated rings. The average molecular weight is 332 g/mol. The number of carbonyl (C=O) groups is 3. The number of ether oxygens (including phenoxy) is 1. The largest absolute Gasteiger partial charge is 0.442 e. The SMILES string of the molecule is CC(=O)NC[C@H]1CN(c2ccc3c(c2)CN(C)C(=O)N3C)C(=O)O1. The highest BCUT2D eigenvalue weighted by atomic mass is 16.6. The Bertz CT molecular complexity index is 705. The van der Waals surface area contributed by atoms with E-state index in [0.29, 0.717) is 19.6 Å². The number of nitrogens with zero attached hydrogens (tertiary/aromatic N) is 3. The second-order valence-electron chi connectivity index (χ2n) is 6.06. The molecule has 2 aliphatic heterocycles. The summed E-state index contributed by atoms with van der Waals surface area (Å²) in [5.74, 6) is -0.158. The van der Waals surface area contributed by atoms with Gasteiger partial charge in [-0.2, -0.15) is 0 Å². The Morgan fingerprint density at radius 2 is 2.08 bits per heavy atom. The van der Waals surface area contributed by atoms with Crippen LogP contribution in [-0.4, -0.2) is 56.2 Å². The number of anilines is 2. The maximum atomic E-state index is 12.1. The van der Waals surface area contributed by atoms with Crippen molar-refractivity contribution >= 4 is 29.4 Å². The van der Waals surface area contributed by atoms with Gasteiger partial charge in [-0.05, 0) is 23.8 Å². The molecule has 2 heterocycles. The van der Waals surface area contributed by atoms with Crippen molar-refractivity contribution in [2.75, 3.05) is 37.0 Å². The fourth-order valence-corrected chi connectivity index (χ4v) is 2.97. The lowest BCUT2D eigenvalue weighted by Crippen LogP contribution is -2.42. The van der Waals surface area contributed by atoms with E-state index in [1.165, 1.54) is 6.92 Å². The van der Waals surface area contributed by atoms with Crippen molar-refractivity contribution < 1.29 is 19.1 Å². The van der Waals surface area contributed by atoms with Crippen molar-refractivity contribution in [3.8, 4) is 0 Å². The molecule has 0 spiro atoms. The molecule has 0 aromatic heterocycles. The average Bonchev–Trinajstić information content (AvgIpc) is 2.91. The van der Waals surface area contributed by atoms with Crippen LogP contribution in [0.3, 0.4) is 0 Å². The maximum Gasteiger partial charge on any atom is 0.414 e.